The highest BCUT2D eigenvalue weighted by molar-refractivity contribution is 5.46. The first-order chi connectivity index (χ1) is 5.75. The molecule has 0 spiro atoms. The highest BCUT2D eigenvalue weighted by atomic mass is 15.3. The normalized spacial score (nSPS) is 11.2. The number of rotatable bonds is 2. The van der Waals surface area contributed by atoms with E-state index in [4.69, 9.17) is 5.84 Å². The average molecular weight is 163 g/mol. The van der Waals surface area contributed by atoms with Crippen LogP contribution in [0, 0.1) is 0 Å². The number of benzene rings is 1. The maximum atomic E-state index is 4.99. The highest BCUT2D eigenvalue weighted by Crippen LogP contribution is 2.25. The van der Waals surface area contributed by atoms with Gasteiger partial charge in [-0.05, 0) is 17.5 Å². The molecule has 0 aliphatic carbocycles. The second-order valence-corrected chi connectivity index (χ2v) is 2.93. The third kappa shape index (κ3) is 1.81. The fourth-order valence-electron chi connectivity index (χ4n) is 1.13. The minimum Gasteiger partial charge on any atom is -0.305 e. The lowest BCUT2D eigenvalue weighted by molar-refractivity contribution is 0.861. The first-order valence-corrected chi connectivity index (χ1v) is 3.95. The van der Waals surface area contributed by atoms with Gasteiger partial charge in [0.05, 0.1) is 5.69 Å². The number of nitrogens with zero attached hydrogens (tertiary/aromatic N) is 2. The van der Waals surface area contributed by atoms with Gasteiger partial charge in [-0.3, -0.25) is 0 Å². The monoisotopic (exact) mass is 163 g/mol. The summed E-state index contributed by atoms with van der Waals surface area (Å²) in [5.41, 5.74) is 2.03. The summed E-state index contributed by atoms with van der Waals surface area (Å²) in [6.45, 7) is 4.23. The average Bonchev–Trinajstić information content (AvgIpc) is 2.05. The molecule has 0 radical (unpaired) electrons. The topological polar surface area (TPSA) is 50.7 Å². The Labute approximate surface area is 72.3 Å². The van der Waals surface area contributed by atoms with E-state index < -0.39 is 0 Å². The molecule has 0 fully saturated rings. The van der Waals surface area contributed by atoms with E-state index in [-0.39, 0.29) is 0 Å². The van der Waals surface area contributed by atoms with Crippen LogP contribution in [0.15, 0.2) is 34.6 Å². The molecule has 0 unspecified atom stereocenters. The maximum Gasteiger partial charge on any atom is 0.0908 e. The van der Waals surface area contributed by atoms with Crippen LogP contribution >= 0.6 is 0 Å². The van der Waals surface area contributed by atoms with Gasteiger partial charge in [0.1, 0.15) is 0 Å². The predicted molar refractivity (Wildman–Crippen MR) is 49.2 cm³/mol. The van der Waals surface area contributed by atoms with Gasteiger partial charge in [-0.15, -0.1) is 5.11 Å². The van der Waals surface area contributed by atoms with Gasteiger partial charge in [0.2, 0.25) is 0 Å². The lowest BCUT2D eigenvalue weighted by Gasteiger charge is -2.06. The van der Waals surface area contributed by atoms with Crippen LogP contribution in [0.2, 0.25) is 0 Å². The van der Waals surface area contributed by atoms with E-state index in [1.165, 1.54) is 5.56 Å². The zero-order valence-electron chi connectivity index (χ0n) is 7.36. The molecule has 1 aromatic carbocycles. The molecule has 12 heavy (non-hydrogen) atoms. The minimum atomic E-state index is 0.451. The fraction of sp³-hybridized carbons (Fsp3) is 0.333. The van der Waals surface area contributed by atoms with Gasteiger partial charge in [0.15, 0.2) is 0 Å². The van der Waals surface area contributed by atoms with Crippen molar-refractivity contribution in [1.29, 1.82) is 0 Å². The molecule has 1 rings (SSSR count). The number of hydrogen-bond acceptors (Lipinski definition) is 2. The molecule has 0 aliphatic heterocycles. The van der Waals surface area contributed by atoms with Gasteiger partial charge in [0, 0.05) is 0 Å². The first kappa shape index (κ1) is 8.71. The molecule has 2 N–H and O–H groups in total. The third-order valence-electron chi connectivity index (χ3n) is 1.72. The van der Waals surface area contributed by atoms with Crippen molar-refractivity contribution < 1.29 is 0 Å². The Morgan fingerprint density at radius 1 is 1.25 bits per heavy atom. The van der Waals surface area contributed by atoms with E-state index in [9.17, 15) is 0 Å². The first-order valence-electron chi connectivity index (χ1n) is 3.95. The molecule has 0 atom stereocenters. The van der Waals surface area contributed by atoms with Gasteiger partial charge in [0.25, 0.3) is 0 Å². The van der Waals surface area contributed by atoms with Crippen molar-refractivity contribution in [1.82, 2.24) is 0 Å². The van der Waals surface area contributed by atoms with E-state index in [2.05, 4.69) is 24.2 Å². The van der Waals surface area contributed by atoms with Crippen molar-refractivity contribution in [2.24, 2.45) is 16.2 Å². The van der Waals surface area contributed by atoms with Crippen molar-refractivity contribution in [3.63, 3.8) is 0 Å². The number of nitrogens with two attached hydrogens (primary N) is 1. The van der Waals surface area contributed by atoms with Crippen LogP contribution in [0.1, 0.15) is 25.3 Å². The molecule has 0 aliphatic rings. The molecular formula is C9H13N3. The quantitative estimate of drug-likeness (QED) is 0.407. The van der Waals surface area contributed by atoms with Gasteiger partial charge >= 0.3 is 0 Å². The molecule has 0 amide bonds. The van der Waals surface area contributed by atoms with E-state index >= 15 is 0 Å². The largest absolute Gasteiger partial charge is 0.305 e. The molecule has 0 aromatic heterocycles. The van der Waals surface area contributed by atoms with Gasteiger partial charge in [-0.25, -0.2) is 0 Å². The summed E-state index contributed by atoms with van der Waals surface area (Å²) < 4.78 is 0. The highest BCUT2D eigenvalue weighted by Gasteiger charge is 2.03. The predicted octanol–water partition coefficient (Wildman–Crippen LogP) is 2.77. The van der Waals surface area contributed by atoms with Gasteiger partial charge < -0.3 is 5.84 Å². The van der Waals surface area contributed by atoms with Crippen LogP contribution in [0.25, 0.3) is 0 Å². The minimum absolute atomic E-state index is 0.451. The number of hydrogen-bond donors (Lipinski definition) is 1. The molecule has 0 bridgehead atoms. The van der Waals surface area contributed by atoms with E-state index in [0.29, 0.717) is 5.92 Å². The van der Waals surface area contributed by atoms with Crippen molar-refractivity contribution in [3.8, 4) is 0 Å². The van der Waals surface area contributed by atoms with Crippen molar-refractivity contribution in [2.45, 2.75) is 19.8 Å². The lowest BCUT2D eigenvalue weighted by atomic mass is 10.0. The summed E-state index contributed by atoms with van der Waals surface area (Å²) in [7, 11) is 0. The molecule has 64 valence electrons. The summed E-state index contributed by atoms with van der Waals surface area (Å²) in [6.07, 6.45) is 0. The Bertz CT molecular complexity index is 279. The Morgan fingerprint density at radius 3 is 2.50 bits per heavy atom. The SMILES string of the molecule is CC(C)c1ccccc1N=NN. The molecule has 0 saturated heterocycles. The summed E-state index contributed by atoms with van der Waals surface area (Å²) in [6, 6.07) is 7.86. The zero-order chi connectivity index (χ0) is 8.97. The van der Waals surface area contributed by atoms with Gasteiger partial charge in [-0.1, -0.05) is 37.3 Å². The Hall–Kier alpha value is -1.38. The second kappa shape index (κ2) is 3.85. The maximum absolute atomic E-state index is 4.99. The smallest absolute Gasteiger partial charge is 0.0908 e. The molecule has 3 nitrogen and oxygen atoms in total. The Balaban J connectivity index is 3.08. The standard InChI is InChI=1S/C9H13N3/c1-7(2)8-5-3-4-6-9(8)11-12-10/h3-7H,1-2H3,(H2,10,11). The molecular weight excluding hydrogens is 150 g/mol. The van der Waals surface area contributed by atoms with Crippen LogP contribution in [0.5, 0.6) is 0 Å². The fourth-order valence-corrected chi connectivity index (χ4v) is 1.13. The summed E-state index contributed by atoms with van der Waals surface area (Å²) in [4.78, 5) is 0. The summed E-state index contributed by atoms with van der Waals surface area (Å²) in [5.74, 6) is 5.44. The Morgan fingerprint density at radius 2 is 1.92 bits per heavy atom. The van der Waals surface area contributed by atoms with Crippen molar-refractivity contribution in [3.05, 3.63) is 29.8 Å². The summed E-state index contributed by atoms with van der Waals surface area (Å²) >= 11 is 0. The van der Waals surface area contributed by atoms with Crippen LogP contribution in [-0.2, 0) is 0 Å². The van der Waals surface area contributed by atoms with E-state index in [1.807, 2.05) is 24.3 Å². The van der Waals surface area contributed by atoms with Crippen LogP contribution in [0.3, 0.4) is 0 Å². The van der Waals surface area contributed by atoms with Crippen LogP contribution in [0.4, 0.5) is 5.69 Å². The molecule has 1 aromatic rings. The van der Waals surface area contributed by atoms with E-state index in [1.54, 1.807) is 0 Å². The van der Waals surface area contributed by atoms with Crippen molar-refractivity contribution in [2.75, 3.05) is 0 Å². The second-order valence-electron chi connectivity index (χ2n) is 2.93. The third-order valence-corrected chi connectivity index (χ3v) is 1.72. The lowest BCUT2D eigenvalue weighted by Crippen LogP contribution is -1.87. The van der Waals surface area contributed by atoms with Crippen molar-refractivity contribution >= 4 is 5.69 Å². The van der Waals surface area contributed by atoms with E-state index in [0.717, 1.165) is 5.69 Å². The Kier molecular flexibility index (Phi) is 2.80. The zero-order valence-corrected chi connectivity index (χ0v) is 7.36. The van der Waals surface area contributed by atoms with Gasteiger partial charge in [-0.2, -0.15) is 0 Å². The summed E-state index contributed by atoms with van der Waals surface area (Å²) in [5, 5.41) is 7.10. The molecule has 3 heteroatoms. The molecule has 0 saturated carbocycles. The van der Waals surface area contributed by atoms with Crippen LogP contribution in [-0.4, -0.2) is 0 Å². The molecule has 0 heterocycles. The van der Waals surface area contributed by atoms with Crippen LogP contribution < -0.4 is 5.84 Å².